The summed E-state index contributed by atoms with van der Waals surface area (Å²) in [6.07, 6.45) is 2.52. The lowest BCUT2D eigenvalue weighted by molar-refractivity contribution is 0.590. The normalized spacial score (nSPS) is 13.8. The molecule has 1 heterocycles. The van der Waals surface area contributed by atoms with E-state index in [9.17, 15) is 8.42 Å². The molecular formula is C5H9N5O2S2. The third-order valence-electron chi connectivity index (χ3n) is 1.10. The van der Waals surface area contributed by atoms with E-state index in [1.807, 2.05) is 0 Å². The second-order valence-corrected chi connectivity index (χ2v) is 5.25. The van der Waals surface area contributed by atoms with Gasteiger partial charge in [0, 0.05) is 0 Å². The van der Waals surface area contributed by atoms with Gasteiger partial charge in [0.1, 0.15) is 0 Å². The molecule has 0 aliphatic carbocycles. The standard InChI is InChI=1S/C5H9N5O2S2/c1-3-4(8-14(2,11)12)13-5-6-9-10-7-5/h3-4,8H,1H2,2H3,(H,6,7,9,10). The van der Waals surface area contributed by atoms with E-state index >= 15 is 0 Å². The van der Waals surface area contributed by atoms with Crippen molar-refractivity contribution >= 4 is 21.8 Å². The maximum Gasteiger partial charge on any atom is 0.232 e. The van der Waals surface area contributed by atoms with Crippen LogP contribution >= 0.6 is 11.8 Å². The Morgan fingerprint density at radius 3 is 2.86 bits per heavy atom. The molecule has 0 saturated carbocycles. The van der Waals surface area contributed by atoms with Crippen LogP contribution in [-0.2, 0) is 10.0 Å². The van der Waals surface area contributed by atoms with Gasteiger partial charge in [0.05, 0.1) is 11.6 Å². The lowest BCUT2D eigenvalue weighted by atomic mass is 10.7. The number of hydrogen-bond donors (Lipinski definition) is 2. The Labute approximate surface area is 85.4 Å². The number of nitrogens with zero attached hydrogens (tertiary/aromatic N) is 3. The van der Waals surface area contributed by atoms with Gasteiger partial charge in [-0.1, -0.05) is 17.8 Å². The van der Waals surface area contributed by atoms with Gasteiger partial charge in [0.2, 0.25) is 15.2 Å². The molecule has 0 amide bonds. The van der Waals surface area contributed by atoms with Gasteiger partial charge in [-0.25, -0.2) is 8.42 Å². The van der Waals surface area contributed by atoms with Gasteiger partial charge in [-0.2, -0.15) is 9.94 Å². The molecule has 0 aliphatic rings. The van der Waals surface area contributed by atoms with Crippen LogP contribution in [0.4, 0.5) is 0 Å². The smallest absolute Gasteiger partial charge is 0.213 e. The molecule has 1 aromatic heterocycles. The summed E-state index contributed by atoms with van der Waals surface area (Å²) in [7, 11) is -3.27. The largest absolute Gasteiger partial charge is 0.232 e. The third kappa shape index (κ3) is 3.85. The zero-order valence-corrected chi connectivity index (χ0v) is 8.97. The second kappa shape index (κ2) is 4.53. The molecule has 14 heavy (non-hydrogen) atoms. The average molecular weight is 235 g/mol. The summed E-state index contributed by atoms with van der Waals surface area (Å²) in [6.45, 7) is 3.49. The van der Waals surface area contributed by atoms with Crippen LogP contribution in [0.2, 0.25) is 0 Å². The van der Waals surface area contributed by atoms with E-state index in [0.29, 0.717) is 5.16 Å². The van der Waals surface area contributed by atoms with E-state index < -0.39 is 15.4 Å². The summed E-state index contributed by atoms with van der Waals surface area (Å²) in [5.41, 5.74) is 0. The molecule has 0 bridgehead atoms. The Morgan fingerprint density at radius 1 is 1.71 bits per heavy atom. The van der Waals surface area contributed by atoms with Gasteiger partial charge in [-0.05, 0) is 5.21 Å². The highest BCUT2D eigenvalue weighted by Gasteiger charge is 2.13. The molecule has 1 rings (SSSR count). The van der Waals surface area contributed by atoms with Crippen molar-refractivity contribution in [2.24, 2.45) is 0 Å². The quantitative estimate of drug-likeness (QED) is 0.400. The molecule has 1 aromatic rings. The first-order chi connectivity index (χ1) is 6.51. The molecule has 0 aliphatic heterocycles. The number of tetrazole rings is 1. The zero-order valence-electron chi connectivity index (χ0n) is 7.34. The van der Waals surface area contributed by atoms with Crippen molar-refractivity contribution in [1.82, 2.24) is 25.3 Å². The number of thioether (sulfide) groups is 1. The molecule has 7 nitrogen and oxygen atoms in total. The SMILES string of the molecule is C=CC(NS(C)(=O)=O)Sc1nn[nH]n1. The number of H-pyrrole nitrogens is 1. The Morgan fingerprint density at radius 2 is 2.43 bits per heavy atom. The predicted octanol–water partition coefficient (Wildman–Crippen LogP) is -0.647. The van der Waals surface area contributed by atoms with Crippen molar-refractivity contribution in [3.05, 3.63) is 12.7 Å². The van der Waals surface area contributed by atoms with Crippen molar-refractivity contribution < 1.29 is 8.42 Å². The fourth-order valence-electron chi connectivity index (χ4n) is 0.647. The molecule has 9 heteroatoms. The molecule has 1 atom stereocenters. The highest BCUT2D eigenvalue weighted by molar-refractivity contribution is 8.00. The van der Waals surface area contributed by atoms with E-state index in [1.165, 1.54) is 6.08 Å². The summed E-state index contributed by atoms with van der Waals surface area (Å²) in [6, 6.07) is 0. The van der Waals surface area contributed by atoms with Crippen molar-refractivity contribution in [2.45, 2.75) is 10.5 Å². The minimum absolute atomic E-state index is 0.353. The average Bonchev–Trinajstić information content (AvgIpc) is 2.53. The Balaban J connectivity index is 2.61. The van der Waals surface area contributed by atoms with Crippen LogP contribution in [-0.4, -0.2) is 40.7 Å². The van der Waals surface area contributed by atoms with Crippen LogP contribution in [0.3, 0.4) is 0 Å². The van der Waals surface area contributed by atoms with Crippen molar-refractivity contribution in [2.75, 3.05) is 6.26 Å². The molecule has 0 saturated heterocycles. The van der Waals surface area contributed by atoms with Crippen LogP contribution in [0.1, 0.15) is 0 Å². The number of hydrogen-bond acceptors (Lipinski definition) is 6. The topological polar surface area (TPSA) is 101 Å². The van der Waals surface area contributed by atoms with Gasteiger partial charge < -0.3 is 0 Å². The minimum atomic E-state index is -3.27. The molecule has 0 fully saturated rings. The molecule has 78 valence electrons. The monoisotopic (exact) mass is 235 g/mol. The number of nitrogens with one attached hydrogen (secondary N) is 2. The van der Waals surface area contributed by atoms with Crippen LogP contribution < -0.4 is 4.72 Å². The highest BCUT2D eigenvalue weighted by atomic mass is 32.2. The van der Waals surface area contributed by atoms with Gasteiger partial charge in [0.15, 0.2) is 0 Å². The van der Waals surface area contributed by atoms with Crippen molar-refractivity contribution in [3.63, 3.8) is 0 Å². The summed E-state index contributed by atoms with van der Waals surface area (Å²) in [5.74, 6) is 0. The fraction of sp³-hybridized carbons (Fsp3) is 0.400. The fourth-order valence-corrected chi connectivity index (χ4v) is 2.39. The number of aromatic nitrogens is 4. The molecule has 2 N–H and O–H groups in total. The van der Waals surface area contributed by atoms with Gasteiger partial charge >= 0.3 is 0 Å². The van der Waals surface area contributed by atoms with E-state index in [2.05, 4.69) is 31.9 Å². The zero-order chi connectivity index (χ0) is 10.6. The maximum atomic E-state index is 10.9. The molecular weight excluding hydrogens is 226 g/mol. The Hall–Kier alpha value is -0.930. The number of aromatic amines is 1. The van der Waals surface area contributed by atoms with Crippen LogP contribution in [0.25, 0.3) is 0 Å². The molecule has 1 unspecified atom stereocenters. The lowest BCUT2D eigenvalue weighted by Crippen LogP contribution is -2.29. The minimum Gasteiger partial charge on any atom is -0.213 e. The number of sulfonamides is 1. The molecule has 0 aromatic carbocycles. The Bertz CT molecular complexity index is 386. The first kappa shape index (κ1) is 11.1. The van der Waals surface area contributed by atoms with Crippen molar-refractivity contribution in [1.29, 1.82) is 0 Å². The van der Waals surface area contributed by atoms with Crippen LogP contribution in [0.5, 0.6) is 0 Å². The van der Waals surface area contributed by atoms with Gasteiger partial charge in [-0.15, -0.1) is 16.8 Å². The first-order valence-electron chi connectivity index (χ1n) is 3.51. The van der Waals surface area contributed by atoms with E-state index in [1.54, 1.807) is 0 Å². The Kier molecular flexibility index (Phi) is 3.61. The van der Waals surface area contributed by atoms with E-state index in [0.717, 1.165) is 18.0 Å². The highest BCUT2D eigenvalue weighted by Crippen LogP contribution is 2.16. The predicted molar refractivity (Wildman–Crippen MR) is 52.0 cm³/mol. The summed E-state index contributed by atoms with van der Waals surface area (Å²) in [4.78, 5) is 0. The number of rotatable bonds is 5. The van der Waals surface area contributed by atoms with Gasteiger partial charge in [0.25, 0.3) is 0 Å². The third-order valence-corrected chi connectivity index (χ3v) is 2.88. The summed E-state index contributed by atoms with van der Waals surface area (Å²) in [5, 5.41) is 12.8. The van der Waals surface area contributed by atoms with E-state index in [-0.39, 0.29) is 0 Å². The maximum absolute atomic E-state index is 10.9. The van der Waals surface area contributed by atoms with E-state index in [4.69, 9.17) is 0 Å². The van der Waals surface area contributed by atoms with Crippen LogP contribution in [0.15, 0.2) is 17.8 Å². The summed E-state index contributed by atoms with van der Waals surface area (Å²) < 4.78 is 24.1. The summed E-state index contributed by atoms with van der Waals surface area (Å²) >= 11 is 1.10. The van der Waals surface area contributed by atoms with Crippen molar-refractivity contribution in [3.8, 4) is 0 Å². The molecule has 0 spiro atoms. The van der Waals surface area contributed by atoms with Crippen LogP contribution in [0, 0.1) is 0 Å². The molecule has 0 radical (unpaired) electrons. The van der Waals surface area contributed by atoms with Gasteiger partial charge in [-0.3, -0.25) is 0 Å². The first-order valence-corrected chi connectivity index (χ1v) is 6.28. The lowest BCUT2D eigenvalue weighted by Gasteiger charge is -2.09. The second-order valence-electron chi connectivity index (χ2n) is 2.36.